The third-order valence-electron chi connectivity index (χ3n) is 2.25. The van der Waals surface area contributed by atoms with Crippen LogP contribution in [0.1, 0.15) is 6.92 Å². The molecule has 2 N–H and O–H groups in total. The van der Waals surface area contributed by atoms with Crippen LogP contribution in [0.15, 0.2) is 0 Å². The first-order valence-corrected chi connectivity index (χ1v) is 4.82. The second-order valence-corrected chi connectivity index (χ2v) is 3.23. The van der Waals surface area contributed by atoms with Gasteiger partial charge in [-0.25, -0.2) is 0 Å². The average Bonchev–Trinajstić information content (AvgIpc) is 2.63. The molecule has 2 atom stereocenters. The molecule has 1 saturated heterocycles. The van der Waals surface area contributed by atoms with Gasteiger partial charge in [-0.3, -0.25) is 4.79 Å². The predicted octanol–water partition coefficient (Wildman–Crippen LogP) is -0.640. The molecule has 1 fully saturated rings. The Bertz CT molecular complexity index is 235. The first-order valence-electron chi connectivity index (χ1n) is 4.82. The van der Waals surface area contributed by atoms with Crippen molar-refractivity contribution in [3.8, 4) is 12.3 Å². The minimum atomic E-state index is -0.108. The van der Waals surface area contributed by atoms with Gasteiger partial charge >= 0.3 is 0 Å². The Morgan fingerprint density at radius 1 is 1.64 bits per heavy atom. The Labute approximate surface area is 84.4 Å². The summed E-state index contributed by atoms with van der Waals surface area (Å²) in [4.78, 5) is 11.6. The highest BCUT2D eigenvalue weighted by Crippen LogP contribution is 2.13. The third kappa shape index (κ3) is 2.72. The third-order valence-corrected chi connectivity index (χ3v) is 2.25. The van der Waals surface area contributed by atoms with Crippen molar-refractivity contribution in [3.05, 3.63) is 0 Å². The fourth-order valence-corrected chi connectivity index (χ4v) is 1.55. The molecule has 4 heteroatoms. The first kappa shape index (κ1) is 11.0. The van der Waals surface area contributed by atoms with Gasteiger partial charge < -0.3 is 15.4 Å². The molecule has 2 unspecified atom stereocenters. The quantitative estimate of drug-likeness (QED) is 0.588. The normalized spacial score (nSPS) is 25.7. The van der Waals surface area contributed by atoms with E-state index in [0.29, 0.717) is 13.2 Å². The van der Waals surface area contributed by atoms with Crippen molar-refractivity contribution in [1.82, 2.24) is 10.6 Å². The number of terminal acetylenes is 1. The fraction of sp³-hybridized carbons (Fsp3) is 0.700. The van der Waals surface area contributed by atoms with Crippen molar-refractivity contribution in [1.29, 1.82) is 0 Å². The zero-order chi connectivity index (χ0) is 10.4. The van der Waals surface area contributed by atoms with Crippen LogP contribution in [0, 0.1) is 18.3 Å². The molecule has 1 aliphatic heterocycles. The molecule has 4 nitrogen and oxygen atoms in total. The van der Waals surface area contributed by atoms with Crippen LogP contribution in [-0.4, -0.2) is 38.3 Å². The summed E-state index contributed by atoms with van der Waals surface area (Å²) >= 11 is 0. The van der Waals surface area contributed by atoms with Crippen LogP contribution in [-0.2, 0) is 9.53 Å². The van der Waals surface area contributed by atoms with Crippen LogP contribution in [0.3, 0.4) is 0 Å². The summed E-state index contributed by atoms with van der Waals surface area (Å²) in [5.74, 6) is 2.25. The van der Waals surface area contributed by atoms with Crippen LogP contribution in [0.4, 0.5) is 0 Å². The van der Waals surface area contributed by atoms with Gasteiger partial charge in [0.2, 0.25) is 5.91 Å². The van der Waals surface area contributed by atoms with Gasteiger partial charge in [-0.15, -0.1) is 6.42 Å². The Balaban J connectivity index is 2.41. The highest BCUT2D eigenvalue weighted by atomic mass is 16.5. The molecule has 1 rings (SSSR count). The van der Waals surface area contributed by atoms with Crippen molar-refractivity contribution >= 4 is 5.91 Å². The van der Waals surface area contributed by atoms with Gasteiger partial charge in [0.15, 0.2) is 0 Å². The van der Waals surface area contributed by atoms with Crippen LogP contribution >= 0.6 is 0 Å². The molecule has 14 heavy (non-hydrogen) atoms. The van der Waals surface area contributed by atoms with E-state index in [0.717, 1.165) is 6.54 Å². The topological polar surface area (TPSA) is 50.4 Å². The smallest absolute Gasteiger partial charge is 0.227 e. The molecule has 0 aliphatic carbocycles. The lowest BCUT2D eigenvalue weighted by Crippen LogP contribution is -2.43. The predicted molar refractivity (Wildman–Crippen MR) is 53.6 cm³/mol. The van der Waals surface area contributed by atoms with Gasteiger partial charge in [0.05, 0.1) is 25.7 Å². The van der Waals surface area contributed by atoms with Gasteiger partial charge in [0, 0.05) is 6.04 Å². The number of hydrogen-bond donors (Lipinski definition) is 2. The standard InChI is InChI=1S/C10H16N2O2/c1-3-5-12-10(13)8-6-14-7-9(8)11-4-2/h1,8-9,11H,4-7H2,2H3,(H,12,13). The number of amides is 1. The number of hydrogen-bond acceptors (Lipinski definition) is 3. The molecule has 0 bridgehead atoms. The number of rotatable bonds is 4. The zero-order valence-corrected chi connectivity index (χ0v) is 8.38. The summed E-state index contributed by atoms with van der Waals surface area (Å²) in [6.45, 7) is 4.21. The number of carbonyl (C=O) groups excluding carboxylic acids is 1. The van der Waals surface area contributed by atoms with Gasteiger partial charge in [0.1, 0.15) is 0 Å². The molecule has 0 aromatic heterocycles. The Kier molecular flexibility index (Phi) is 4.44. The molecular weight excluding hydrogens is 180 g/mol. The summed E-state index contributed by atoms with van der Waals surface area (Å²) in [5.41, 5.74) is 0. The van der Waals surface area contributed by atoms with Gasteiger partial charge in [-0.05, 0) is 6.54 Å². The lowest BCUT2D eigenvalue weighted by Gasteiger charge is -2.16. The summed E-state index contributed by atoms with van der Waals surface area (Å²) < 4.78 is 5.25. The van der Waals surface area contributed by atoms with Crippen LogP contribution in [0.5, 0.6) is 0 Å². The molecule has 78 valence electrons. The van der Waals surface area contributed by atoms with Crippen LogP contribution in [0.25, 0.3) is 0 Å². The highest BCUT2D eigenvalue weighted by Gasteiger charge is 2.32. The van der Waals surface area contributed by atoms with Crippen molar-refractivity contribution in [2.24, 2.45) is 5.92 Å². The lowest BCUT2D eigenvalue weighted by molar-refractivity contribution is -0.125. The second kappa shape index (κ2) is 5.63. The molecule has 0 saturated carbocycles. The summed E-state index contributed by atoms with van der Waals surface area (Å²) in [7, 11) is 0. The van der Waals surface area contributed by atoms with E-state index in [-0.39, 0.29) is 24.4 Å². The highest BCUT2D eigenvalue weighted by molar-refractivity contribution is 5.80. The summed E-state index contributed by atoms with van der Waals surface area (Å²) in [6.07, 6.45) is 5.06. The first-order chi connectivity index (χ1) is 6.79. The van der Waals surface area contributed by atoms with E-state index < -0.39 is 0 Å². The summed E-state index contributed by atoms with van der Waals surface area (Å²) in [5, 5.41) is 5.88. The number of ether oxygens (including phenoxy) is 1. The number of nitrogens with one attached hydrogen (secondary N) is 2. The van der Waals surface area contributed by atoms with E-state index in [1.165, 1.54) is 0 Å². The molecule has 1 heterocycles. The average molecular weight is 196 g/mol. The second-order valence-electron chi connectivity index (χ2n) is 3.23. The maximum absolute atomic E-state index is 11.6. The maximum Gasteiger partial charge on any atom is 0.227 e. The monoisotopic (exact) mass is 196 g/mol. The van der Waals surface area contributed by atoms with Crippen molar-refractivity contribution < 1.29 is 9.53 Å². The Morgan fingerprint density at radius 3 is 3.07 bits per heavy atom. The molecular formula is C10H16N2O2. The van der Waals surface area contributed by atoms with E-state index >= 15 is 0 Å². The molecule has 1 aliphatic rings. The van der Waals surface area contributed by atoms with Crippen LogP contribution < -0.4 is 10.6 Å². The fourth-order valence-electron chi connectivity index (χ4n) is 1.55. The van der Waals surface area contributed by atoms with E-state index in [1.807, 2.05) is 6.92 Å². The van der Waals surface area contributed by atoms with E-state index in [4.69, 9.17) is 11.2 Å². The number of likely N-dealkylation sites (N-methyl/N-ethyl adjacent to an activating group) is 1. The van der Waals surface area contributed by atoms with Crippen molar-refractivity contribution in [2.45, 2.75) is 13.0 Å². The Hall–Kier alpha value is -1.05. The molecule has 0 aromatic rings. The zero-order valence-electron chi connectivity index (χ0n) is 8.38. The van der Waals surface area contributed by atoms with Crippen LogP contribution in [0.2, 0.25) is 0 Å². The minimum absolute atomic E-state index is 0.0219. The van der Waals surface area contributed by atoms with Crippen molar-refractivity contribution in [2.75, 3.05) is 26.3 Å². The van der Waals surface area contributed by atoms with E-state index in [1.54, 1.807) is 0 Å². The maximum atomic E-state index is 11.6. The van der Waals surface area contributed by atoms with Gasteiger partial charge in [-0.1, -0.05) is 12.8 Å². The largest absolute Gasteiger partial charge is 0.379 e. The molecule has 0 radical (unpaired) electrons. The van der Waals surface area contributed by atoms with Gasteiger partial charge in [0.25, 0.3) is 0 Å². The molecule has 0 aromatic carbocycles. The molecule has 1 amide bonds. The SMILES string of the molecule is C#CCNC(=O)C1COCC1NCC. The minimum Gasteiger partial charge on any atom is -0.379 e. The van der Waals surface area contributed by atoms with Crippen molar-refractivity contribution in [3.63, 3.8) is 0 Å². The summed E-state index contributed by atoms with van der Waals surface area (Å²) in [6, 6.07) is 0.123. The van der Waals surface area contributed by atoms with Gasteiger partial charge in [-0.2, -0.15) is 0 Å². The van der Waals surface area contributed by atoms with E-state index in [9.17, 15) is 4.79 Å². The van der Waals surface area contributed by atoms with E-state index in [2.05, 4.69) is 16.6 Å². The Morgan fingerprint density at radius 2 is 2.43 bits per heavy atom. The lowest BCUT2D eigenvalue weighted by atomic mass is 10.0. The number of carbonyl (C=O) groups is 1. The molecule has 0 spiro atoms.